The van der Waals surface area contributed by atoms with E-state index in [1.807, 2.05) is 24.6 Å². The summed E-state index contributed by atoms with van der Waals surface area (Å²) in [6, 6.07) is -0.833. The summed E-state index contributed by atoms with van der Waals surface area (Å²) in [7, 11) is 0. The van der Waals surface area contributed by atoms with E-state index in [1.54, 1.807) is 24.3 Å². The van der Waals surface area contributed by atoms with E-state index in [-0.39, 0.29) is 0 Å². The van der Waals surface area contributed by atoms with Crippen molar-refractivity contribution in [3.8, 4) is 0 Å². The molecule has 5 nitrogen and oxygen atoms in total. The number of hydrogen-bond donors (Lipinski definition) is 2. The van der Waals surface area contributed by atoms with Crippen molar-refractivity contribution in [2.24, 2.45) is 5.73 Å². The SMILES string of the molecule is CC(C)(SCCCn1ccnc1)[C@H](N)C(=O)O. The number of nitrogens with zero attached hydrogens (tertiary/aromatic N) is 2. The molecule has 1 aromatic rings. The summed E-state index contributed by atoms with van der Waals surface area (Å²) in [6.07, 6.45) is 6.41. The lowest BCUT2D eigenvalue weighted by Gasteiger charge is -2.27. The van der Waals surface area contributed by atoms with E-state index < -0.39 is 16.8 Å². The molecule has 0 radical (unpaired) electrons. The molecule has 1 heterocycles. The smallest absolute Gasteiger partial charge is 0.321 e. The second kappa shape index (κ2) is 6.07. The van der Waals surface area contributed by atoms with Crippen molar-refractivity contribution in [2.45, 2.75) is 37.6 Å². The number of carbonyl (C=O) groups is 1. The first kappa shape index (κ1) is 14.1. The van der Waals surface area contributed by atoms with E-state index in [9.17, 15) is 4.79 Å². The number of thioether (sulfide) groups is 1. The van der Waals surface area contributed by atoms with E-state index in [4.69, 9.17) is 10.8 Å². The molecule has 0 aliphatic carbocycles. The van der Waals surface area contributed by atoms with Crippen LogP contribution in [0.25, 0.3) is 0 Å². The van der Waals surface area contributed by atoms with Gasteiger partial charge in [0.1, 0.15) is 6.04 Å². The molecule has 1 atom stereocenters. The van der Waals surface area contributed by atoms with Crippen LogP contribution in [0, 0.1) is 0 Å². The maximum absolute atomic E-state index is 10.8. The molecule has 6 heteroatoms. The third-order valence-electron chi connectivity index (χ3n) is 2.61. The van der Waals surface area contributed by atoms with Crippen molar-refractivity contribution in [3.05, 3.63) is 18.7 Å². The zero-order chi connectivity index (χ0) is 12.9. The van der Waals surface area contributed by atoms with E-state index >= 15 is 0 Å². The van der Waals surface area contributed by atoms with Gasteiger partial charge >= 0.3 is 5.97 Å². The van der Waals surface area contributed by atoms with E-state index in [1.165, 1.54) is 0 Å². The van der Waals surface area contributed by atoms with Crippen LogP contribution in [-0.4, -0.2) is 37.2 Å². The summed E-state index contributed by atoms with van der Waals surface area (Å²) in [6.45, 7) is 4.63. The summed E-state index contributed by atoms with van der Waals surface area (Å²) >= 11 is 1.60. The maximum atomic E-state index is 10.8. The molecule has 0 bridgehead atoms. The van der Waals surface area contributed by atoms with Crippen molar-refractivity contribution in [1.82, 2.24) is 9.55 Å². The maximum Gasteiger partial charge on any atom is 0.321 e. The van der Waals surface area contributed by atoms with Gasteiger partial charge in [0.25, 0.3) is 0 Å². The lowest BCUT2D eigenvalue weighted by atomic mass is 10.1. The minimum atomic E-state index is -0.947. The van der Waals surface area contributed by atoms with Gasteiger partial charge in [-0.3, -0.25) is 4.79 Å². The minimum absolute atomic E-state index is 0.444. The number of aromatic nitrogens is 2. The Bertz CT molecular complexity index is 352. The zero-order valence-corrected chi connectivity index (χ0v) is 11.0. The van der Waals surface area contributed by atoms with Crippen LogP contribution in [0.15, 0.2) is 18.7 Å². The standard InChI is InChI=1S/C11H19N3O2S/c1-11(2,9(12)10(15)16)17-7-3-5-14-6-4-13-8-14/h4,6,8-9H,3,5,7,12H2,1-2H3,(H,15,16)/t9-/m1/s1. The van der Waals surface area contributed by atoms with Crippen LogP contribution in [0.3, 0.4) is 0 Å². The number of carboxylic acids is 1. The molecule has 96 valence electrons. The number of hydrogen-bond acceptors (Lipinski definition) is 4. The molecule has 0 amide bonds. The van der Waals surface area contributed by atoms with E-state index in [0.29, 0.717) is 0 Å². The van der Waals surface area contributed by atoms with E-state index in [2.05, 4.69) is 4.98 Å². The molecule has 0 aliphatic rings. The van der Waals surface area contributed by atoms with Gasteiger partial charge in [0, 0.05) is 23.7 Å². The lowest BCUT2D eigenvalue weighted by Crippen LogP contribution is -2.46. The Kier molecular flexibility index (Phi) is 5.02. The van der Waals surface area contributed by atoms with Gasteiger partial charge in [-0.15, -0.1) is 0 Å². The molecule has 0 saturated carbocycles. The number of imidazole rings is 1. The fraction of sp³-hybridized carbons (Fsp3) is 0.636. The lowest BCUT2D eigenvalue weighted by molar-refractivity contribution is -0.139. The first-order valence-corrected chi connectivity index (χ1v) is 6.50. The third-order valence-corrected chi connectivity index (χ3v) is 4.10. The highest BCUT2D eigenvalue weighted by atomic mass is 32.2. The van der Waals surface area contributed by atoms with Crippen LogP contribution in [-0.2, 0) is 11.3 Å². The minimum Gasteiger partial charge on any atom is -0.480 e. The molecule has 1 rings (SSSR count). The van der Waals surface area contributed by atoms with Crippen molar-refractivity contribution in [1.29, 1.82) is 0 Å². The number of rotatable bonds is 7. The van der Waals surface area contributed by atoms with Gasteiger partial charge in [-0.1, -0.05) is 0 Å². The number of carboxylic acid groups (broad SMARTS) is 1. The molecule has 3 N–H and O–H groups in total. The summed E-state index contributed by atoms with van der Waals surface area (Å²) in [4.78, 5) is 14.8. The molecular weight excluding hydrogens is 238 g/mol. The Hall–Kier alpha value is -1.01. The first-order valence-electron chi connectivity index (χ1n) is 5.51. The molecule has 0 aliphatic heterocycles. The first-order chi connectivity index (χ1) is 7.93. The predicted octanol–water partition coefficient (Wildman–Crippen LogP) is 1.20. The normalized spacial score (nSPS) is 13.6. The highest BCUT2D eigenvalue weighted by Crippen LogP contribution is 2.28. The van der Waals surface area contributed by atoms with Crippen molar-refractivity contribution in [3.63, 3.8) is 0 Å². The fourth-order valence-electron chi connectivity index (χ4n) is 1.39. The molecule has 0 fully saturated rings. The Morgan fingerprint density at radius 2 is 2.35 bits per heavy atom. The second-order valence-electron chi connectivity index (χ2n) is 4.42. The molecule has 1 aromatic heterocycles. The van der Waals surface area contributed by atoms with Crippen LogP contribution in [0.2, 0.25) is 0 Å². The topological polar surface area (TPSA) is 81.1 Å². The van der Waals surface area contributed by atoms with Gasteiger partial charge in [-0.25, -0.2) is 4.98 Å². The Morgan fingerprint density at radius 1 is 1.65 bits per heavy atom. The van der Waals surface area contributed by atoms with E-state index in [0.717, 1.165) is 18.7 Å². The van der Waals surface area contributed by atoms with Gasteiger partial charge < -0.3 is 15.4 Å². The van der Waals surface area contributed by atoms with Gasteiger partial charge in [-0.05, 0) is 26.0 Å². The summed E-state index contributed by atoms with van der Waals surface area (Å²) in [5.41, 5.74) is 5.64. The van der Waals surface area contributed by atoms with Crippen LogP contribution in [0.4, 0.5) is 0 Å². The predicted molar refractivity (Wildman–Crippen MR) is 69.0 cm³/mol. The molecule has 0 spiro atoms. The molecule has 0 aromatic carbocycles. The quantitative estimate of drug-likeness (QED) is 0.717. The Labute approximate surface area is 105 Å². The molecule has 0 saturated heterocycles. The monoisotopic (exact) mass is 257 g/mol. The highest BCUT2D eigenvalue weighted by molar-refractivity contribution is 8.00. The number of nitrogens with two attached hydrogens (primary N) is 1. The van der Waals surface area contributed by atoms with Crippen molar-refractivity contribution in [2.75, 3.05) is 5.75 Å². The van der Waals surface area contributed by atoms with Crippen LogP contribution in [0.5, 0.6) is 0 Å². The van der Waals surface area contributed by atoms with Gasteiger partial charge in [0.15, 0.2) is 0 Å². The van der Waals surface area contributed by atoms with Crippen molar-refractivity contribution >= 4 is 17.7 Å². The molecule has 0 unspecified atom stereocenters. The average molecular weight is 257 g/mol. The van der Waals surface area contributed by atoms with Gasteiger partial charge in [0.2, 0.25) is 0 Å². The van der Waals surface area contributed by atoms with Gasteiger partial charge in [-0.2, -0.15) is 11.8 Å². The number of aryl methyl sites for hydroxylation is 1. The van der Waals surface area contributed by atoms with Gasteiger partial charge in [0.05, 0.1) is 6.33 Å². The summed E-state index contributed by atoms with van der Waals surface area (Å²) < 4.78 is 1.56. The highest BCUT2D eigenvalue weighted by Gasteiger charge is 2.32. The molecule has 17 heavy (non-hydrogen) atoms. The Balaban J connectivity index is 2.27. The zero-order valence-electron chi connectivity index (χ0n) is 10.2. The van der Waals surface area contributed by atoms with Crippen LogP contribution < -0.4 is 5.73 Å². The molecular formula is C11H19N3O2S. The Morgan fingerprint density at radius 3 is 2.88 bits per heavy atom. The van der Waals surface area contributed by atoms with Crippen LogP contribution in [0.1, 0.15) is 20.3 Å². The second-order valence-corrected chi connectivity index (χ2v) is 6.17. The third kappa shape index (κ3) is 4.40. The fourth-order valence-corrected chi connectivity index (χ4v) is 2.47. The van der Waals surface area contributed by atoms with Crippen LogP contribution >= 0.6 is 11.8 Å². The summed E-state index contributed by atoms with van der Waals surface area (Å²) in [5.74, 6) is -0.0660. The average Bonchev–Trinajstić information content (AvgIpc) is 2.76. The summed E-state index contributed by atoms with van der Waals surface area (Å²) in [5, 5.41) is 8.87. The van der Waals surface area contributed by atoms with Crippen molar-refractivity contribution < 1.29 is 9.90 Å². The largest absolute Gasteiger partial charge is 0.480 e. The number of aliphatic carboxylic acids is 1.